The Hall–Kier alpha value is -3.35. The summed E-state index contributed by atoms with van der Waals surface area (Å²) in [6, 6.07) is 14.4. The van der Waals surface area contributed by atoms with Crippen molar-refractivity contribution in [3.63, 3.8) is 0 Å². The standard InChI is InChI=1S/C28H34N2O5/c1-17(2)11-14-24(27(32)33)29-26(31)25(15-18-12-13-18)30-28(34)35-16-23-21-9-5-3-7-19(21)20-8-4-6-10-22(20)23/h3-10,17-18,23-25H,11-16H2,1-2H3,(H,29,31)(H,30,34)(H,32,33)/t24?,25-/m0/s1. The second kappa shape index (κ2) is 10.9. The zero-order valence-electron chi connectivity index (χ0n) is 20.3. The average Bonchev–Trinajstić information content (AvgIpc) is 3.60. The monoisotopic (exact) mass is 478 g/mol. The molecule has 1 fully saturated rings. The Morgan fingerprint density at radius 3 is 2.06 bits per heavy atom. The fraction of sp³-hybridized carbons (Fsp3) is 0.464. The van der Waals surface area contributed by atoms with Crippen LogP contribution in [-0.2, 0) is 14.3 Å². The van der Waals surface area contributed by atoms with Crippen LogP contribution in [0.25, 0.3) is 11.1 Å². The summed E-state index contributed by atoms with van der Waals surface area (Å²) >= 11 is 0. The lowest BCUT2D eigenvalue weighted by Gasteiger charge is -2.22. The van der Waals surface area contributed by atoms with Gasteiger partial charge in [-0.25, -0.2) is 9.59 Å². The van der Waals surface area contributed by atoms with Crippen LogP contribution in [0.2, 0.25) is 0 Å². The largest absolute Gasteiger partial charge is 0.480 e. The topological polar surface area (TPSA) is 105 Å². The molecular formula is C28H34N2O5. The summed E-state index contributed by atoms with van der Waals surface area (Å²) in [7, 11) is 0. The first-order chi connectivity index (χ1) is 16.8. The van der Waals surface area contributed by atoms with E-state index in [1.54, 1.807) is 0 Å². The number of hydrogen-bond donors (Lipinski definition) is 3. The molecule has 0 spiro atoms. The highest BCUT2D eigenvalue weighted by molar-refractivity contribution is 5.89. The van der Waals surface area contributed by atoms with Crippen LogP contribution in [-0.4, -0.2) is 41.8 Å². The van der Waals surface area contributed by atoms with Crippen LogP contribution in [0.15, 0.2) is 48.5 Å². The number of amides is 2. The number of carboxylic acid groups (broad SMARTS) is 1. The van der Waals surface area contributed by atoms with Gasteiger partial charge < -0.3 is 20.5 Å². The van der Waals surface area contributed by atoms with Crippen molar-refractivity contribution in [2.45, 2.75) is 64.0 Å². The van der Waals surface area contributed by atoms with E-state index >= 15 is 0 Å². The normalized spacial score (nSPS) is 16.2. The number of carboxylic acids is 1. The van der Waals surface area contributed by atoms with Crippen molar-refractivity contribution in [1.29, 1.82) is 0 Å². The van der Waals surface area contributed by atoms with Gasteiger partial charge in [-0.2, -0.15) is 0 Å². The molecule has 2 amide bonds. The Labute approximate surface area is 206 Å². The zero-order chi connectivity index (χ0) is 24.9. The summed E-state index contributed by atoms with van der Waals surface area (Å²) in [6.45, 7) is 4.18. The first kappa shape index (κ1) is 24.8. The molecule has 2 aromatic rings. The van der Waals surface area contributed by atoms with E-state index in [9.17, 15) is 19.5 Å². The van der Waals surface area contributed by atoms with Gasteiger partial charge in [0.15, 0.2) is 0 Å². The lowest BCUT2D eigenvalue weighted by molar-refractivity contribution is -0.142. The minimum absolute atomic E-state index is 0.0729. The molecule has 7 nitrogen and oxygen atoms in total. The van der Waals surface area contributed by atoms with Crippen molar-refractivity contribution >= 4 is 18.0 Å². The highest BCUT2D eigenvalue weighted by Gasteiger charge is 2.34. The van der Waals surface area contributed by atoms with E-state index < -0.39 is 30.1 Å². The van der Waals surface area contributed by atoms with Crippen LogP contribution in [0, 0.1) is 11.8 Å². The second-order valence-electron chi connectivity index (χ2n) is 10.1. The smallest absolute Gasteiger partial charge is 0.407 e. The molecule has 2 aliphatic carbocycles. The molecule has 0 heterocycles. The number of carbonyl (C=O) groups excluding carboxylic acids is 2. The van der Waals surface area contributed by atoms with Gasteiger partial charge in [-0.15, -0.1) is 0 Å². The van der Waals surface area contributed by atoms with Crippen molar-refractivity contribution in [2.75, 3.05) is 6.61 Å². The van der Waals surface area contributed by atoms with Crippen molar-refractivity contribution in [3.8, 4) is 11.1 Å². The molecular weight excluding hydrogens is 444 g/mol. The van der Waals surface area contributed by atoms with Crippen LogP contribution in [0.5, 0.6) is 0 Å². The van der Waals surface area contributed by atoms with Crippen LogP contribution >= 0.6 is 0 Å². The quantitative estimate of drug-likeness (QED) is 0.434. The summed E-state index contributed by atoms with van der Waals surface area (Å²) in [5.41, 5.74) is 4.51. The molecule has 1 unspecified atom stereocenters. The van der Waals surface area contributed by atoms with Crippen LogP contribution in [0.3, 0.4) is 0 Å². The highest BCUT2D eigenvalue weighted by Crippen LogP contribution is 2.44. The maximum atomic E-state index is 12.9. The molecule has 2 aromatic carbocycles. The number of ether oxygens (including phenoxy) is 1. The number of nitrogens with one attached hydrogen (secondary N) is 2. The minimum Gasteiger partial charge on any atom is -0.480 e. The molecule has 7 heteroatoms. The molecule has 186 valence electrons. The number of fused-ring (bicyclic) bond motifs is 3. The first-order valence-corrected chi connectivity index (χ1v) is 12.5. The summed E-state index contributed by atoms with van der Waals surface area (Å²) in [4.78, 5) is 37.3. The molecule has 0 aromatic heterocycles. The Kier molecular flexibility index (Phi) is 7.73. The number of rotatable bonds is 11. The zero-order valence-corrected chi connectivity index (χ0v) is 20.3. The molecule has 0 saturated heterocycles. The van der Waals surface area contributed by atoms with Gasteiger partial charge in [-0.3, -0.25) is 4.79 Å². The SMILES string of the molecule is CC(C)CCC(NC(=O)[C@H](CC1CC1)NC(=O)OCC1c2ccccc2-c2ccccc21)C(=O)O. The second-order valence-corrected chi connectivity index (χ2v) is 10.1. The molecule has 2 aliphatic rings. The molecule has 1 saturated carbocycles. The van der Waals surface area contributed by atoms with Gasteiger partial charge in [0.2, 0.25) is 5.91 Å². The Morgan fingerprint density at radius 2 is 1.51 bits per heavy atom. The molecule has 0 aliphatic heterocycles. The van der Waals surface area contributed by atoms with Crippen LogP contribution in [0.4, 0.5) is 4.79 Å². The molecule has 0 bridgehead atoms. The average molecular weight is 479 g/mol. The molecule has 3 N–H and O–H groups in total. The van der Waals surface area contributed by atoms with Crippen LogP contribution in [0.1, 0.15) is 63.0 Å². The number of benzene rings is 2. The number of carbonyl (C=O) groups is 3. The molecule has 4 rings (SSSR count). The van der Waals surface area contributed by atoms with E-state index in [0.717, 1.165) is 35.1 Å². The van der Waals surface area contributed by atoms with Gasteiger partial charge >= 0.3 is 12.1 Å². The fourth-order valence-electron chi connectivity index (χ4n) is 4.73. The predicted molar refractivity (Wildman–Crippen MR) is 133 cm³/mol. The lowest BCUT2D eigenvalue weighted by Crippen LogP contribution is -2.52. The van der Waals surface area contributed by atoms with E-state index in [2.05, 4.69) is 22.8 Å². The van der Waals surface area contributed by atoms with Crippen molar-refractivity contribution in [2.24, 2.45) is 11.8 Å². The highest BCUT2D eigenvalue weighted by atomic mass is 16.5. The van der Waals surface area contributed by atoms with Gasteiger partial charge in [0.05, 0.1) is 0 Å². The lowest BCUT2D eigenvalue weighted by atomic mass is 9.98. The van der Waals surface area contributed by atoms with E-state index in [4.69, 9.17) is 4.74 Å². The first-order valence-electron chi connectivity index (χ1n) is 12.5. The number of aliphatic carboxylic acids is 1. The fourth-order valence-corrected chi connectivity index (χ4v) is 4.73. The van der Waals surface area contributed by atoms with Gasteiger partial charge in [0, 0.05) is 5.92 Å². The van der Waals surface area contributed by atoms with E-state index in [-0.39, 0.29) is 12.5 Å². The maximum absolute atomic E-state index is 12.9. The van der Waals surface area contributed by atoms with Gasteiger partial charge in [0.1, 0.15) is 18.7 Å². The third-order valence-electron chi connectivity index (χ3n) is 6.87. The van der Waals surface area contributed by atoms with Crippen molar-refractivity contribution < 1.29 is 24.2 Å². The Bertz CT molecular complexity index is 1030. The van der Waals surface area contributed by atoms with E-state index in [1.807, 2.05) is 50.2 Å². The Balaban J connectivity index is 1.38. The Morgan fingerprint density at radius 1 is 0.914 bits per heavy atom. The van der Waals surface area contributed by atoms with Crippen molar-refractivity contribution in [3.05, 3.63) is 59.7 Å². The van der Waals surface area contributed by atoms with Gasteiger partial charge in [0.25, 0.3) is 0 Å². The van der Waals surface area contributed by atoms with Crippen LogP contribution < -0.4 is 10.6 Å². The number of hydrogen-bond acceptors (Lipinski definition) is 4. The summed E-state index contributed by atoms with van der Waals surface area (Å²) in [6.07, 6.45) is 2.86. The summed E-state index contributed by atoms with van der Waals surface area (Å²) in [5, 5.41) is 14.9. The third-order valence-corrected chi connectivity index (χ3v) is 6.87. The molecule has 35 heavy (non-hydrogen) atoms. The van der Waals surface area contributed by atoms with E-state index in [1.165, 1.54) is 0 Å². The van der Waals surface area contributed by atoms with Crippen molar-refractivity contribution in [1.82, 2.24) is 10.6 Å². The van der Waals surface area contributed by atoms with E-state index in [0.29, 0.717) is 31.1 Å². The minimum atomic E-state index is -1.06. The number of alkyl carbamates (subject to hydrolysis) is 1. The summed E-state index contributed by atoms with van der Waals surface area (Å²) in [5.74, 6) is -0.920. The molecule has 0 radical (unpaired) electrons. The van der Waals surface area contributed by atoms with Gasteiger partial charge in [-0.1, -0.05) is 75.2 Å². The van der Waals surface area contributed by atoms with Gasteiger partial charge in [-0.05, 0) is 53.4 Å². The maximum Gasteiger partial charge on any atom is 0.407 e. The summed E-state index contributed by atoms with van der Waals surface area (Å²) < 4.78 is 5.61. The molecule has 2 atom stereocenters. The third kappa shape index (κ3) is 6.21. The predicted octanol–water partition coefficient (Wildman–Crippen LogP) is 4.70.